The van der Waals surface area contributed by atoms with Gasteiger partial charge in [0, 0.05) is 16.6 Å². The molecule has 1 aliphatic rings. The van der Waals surface area contributed by atoms with Gasteiger partial charge >= 0.3 is 0 Å². The molecule has 1 aromatic carbocycles. The molecule has 3 rings (SSSR count). The maximum Gasteiger partial charge on any atom is 0.253 e. The topological polar surface area (TPSA) is 54.9 Å². The van der Waals surface area contributed by atoms with Crippen LogP contribution in [0.5, 0.6) is 0 Å². The molecule has 1 aromatic heterocycles. The molecular formula is C15H13Cl2N3O. The Bertz CT molecular complexity index is 686. The maximum absolute atomic E-state index is 12.1. The Morgan fingerprint density at radius 3 is 2.76 bits per heavy atom. The minimum absolute atomic E-state index is 0.247. The first-order valence-corrected chi connectivity index (χ1v) is 7.43. The zero-order valence-corrected chi connectivity index (χ0v) is 12.7. The minimum atomic E-state index is -0.247. The van der Waals surface area contributed by atoms with E-state index in [9.17, 15) is 4.79 Å². The molecule has 1 heterocycles. The summed E-state index contributed by atoms with van der Waals surface area (Å²) in [5.41, 5.74) is 2.25. The predicted octanol–water partition coefficient (Wildman–Crippen LogP) is 3.59. The number of carbonyl (C=O) groups is 1. The van der Waals surface area contributed by atoms with Gasteiger partial charge in [-0.1, -0.05) is 23.2 Å². The van der Waals surface area contributed by atoms with Crippen LogP contribution in [0.4, 0.5) is 0 Å². The standard InChI is InChI=1S/C15H13Cl2N3O/c16-10-3-4-12(13(17)5-10)15(21)18-7-11-6-14(9-1-2-9)20-8-19-11/h3-6,8-9H,1-2,7H2,(H,18,21). The average Bonchev–Trinajstić information content (AvgIpc) is 3.30. The van der Waals surface area contributed by atoms with Crippen molar-refractivity contribution in [3.63, 3.8) is 0 Å². The van der Waals surface area contributed by atoms with Gasteiger partial charge in [0.15, 0.2) is 0 Å². The molecule has 1 saturated carbocycles. The number of benzene rings is 1. The van der Waals surface area contributed by atoms with Crippen molar-refractivity contribution in [1.29, 1.82) is 0 Å². The van der Waals surface area contributed by atoms with Crippen molar-refractivity contribution >= 4 is 29.1 Å². The van der Waals surface area contributed by atoms with E-state index in [0.29, 0.717) is 28.1 Å². The molecule has 0 radical (unpaired) electrons. The molecule has 21 heavy (non-hydrogen) atoms. The summed E-state index contributed by atoms with van der Waals surface area (Å²) in [7, 11) is 0. The second-order valence-corrected chi connectivity index (χ2v) is 5.86. The molecule has 0 bridgehead atoms. The molecule has 0 spiro atoms. The Morgan fingerprint density at radius 2 is 2.05 bits per heavy atom. The fraction of sp³-hybridized carbons (Fsp3) is 0.267. The molecule has 1 aliphatic carbocycles. The molecular weight excluding hydrogens is 309 g/mol. The Labute approximate surface area is 132 Å². The summed E-state index contributed by atoms with van der Waals surface area (Å²) in [4.78, 5) is 20.5. The highest BCUT2D eigenvalue weighted by Gasteiger charge is 2.25. The zero-order chi connectivity index (χ0) is 14.8. The van der Waals surface area contributed by atoms with Crippen LogP contribution in [0.1, 0.15) is 40.5 Å². The molecule has 1 N–H and O–H groups in total. The maximum atomic E-state index is 12.1. The fourth-order valence-electron chi connectivity index (χ4n) is 2.05. The number of rotatable bonds is 4. The number of nitrogens with zero attached hydrogens (tertiary/aromatic N) is 2. The monoisotopic (exact) mass is 321 g/mol. The number of hydrogen-bond donors (Lipinski definition) is 1. The first-order valence-electron chi connectivity index (χ1n) is 6.67. The Balaban J connectivity index is 1.66. The van der Waals surface area contributed by atoms with Gasteiger partial charge in [0.2, 0.25) is 0 Å². The molecule has 0 atom stereocenters. The lowest BCUT2D eigenvalue weighted by molar-refractivity contribution is 0.0950. The highest BCUT2D eigenvalue weighted by molar-refractivity contribution is 6.36. The van der Waals surface area contributed by atoms with Crippen LogP contribution in [0.15, 0.2) is 30.6 Å². The third-order valence-corrected chi connectivity index (χ3v) is 3.89. The van der Waals surface area contributed by atoms with Gasteiger partial charge in [-0.2, -0.15) is 0 Å². The van der Waals surface area contributed by atoms with Crippen molar-refractivity contribution in [2.45, 2.75) is 25.3 Å². The number of amides is 1. The lowest BCUT2D eigenvalue weighted by atomic mass is 10.2. The summed E-state index contributed by atoms with van der Waals surface area (Å²) in [6, 6.07) is 6.74. The van der Waals surface area contributed by atoms with Crippen molar-refractivity contribution in [2.75, 3.05) is 0 Å². The van der Waals surface area contributed by atoms with Crippen molar-refractivity contribution in [3.05, 3.63) is 57.6 Å². The van der Waals surface area contributed by atoms with E-state index in [1.54, 1.807) is 24.5 Å². The van der Waals surface area contributed by atoms with Gasteiger partial charge < -0.3 is 5.32 Å². The van der Waals surface area contributed by atoms with E-state index in [0.717, 1.165) is 11.4 Å². The molecule has 108 valence electrons. The normalized spacial score (nSPS) is 14.0. The predicted molar refractivity (Wildman–Crippen MR) is 81.6 cm³/mol. The van der Waals surface area contributed by atoms with Gasteiger partial charge in [-0.05, 0) is 37.1 Å². The van der Waals surface area contributed by atoms with E-state index in [2.05, 4.69) is 15.3 Å². The third-order valence-electron chi connectivity index (χ3n) is 3.35. The summed E-state index contributed by atoms with van der Waals surface area (Å²) >= 11 is 11.8. The van der Waals surface area contributed by atoms with Crippen LogP contribution in [-0.4, -0.2) is 15.9 Å². The summed E-state index contributed by atoms with van der Waals surface area (Å²) in [5, 5.41) is 3.64. The van der Waals surface area contributed by atoms with Gasteiger partial charge in [0.1, 0.15) is 6.33 Å². The van der Waals surface area contributed by atoms with Gasteiger partial charge in [-0.25, -0.2) is 9.97 Å². The van der Waals surface area contributed by atoms with Crippen LogP contribution < -0.4 is 5.32 Å². The van der Waals surface area contributed by atoms with E-state index in [1.807, 2.05) is 6.07 Å². The number of aromatic nitrogens is 2. The Morgan fingerprint density at radius 1 is 1.24 bits per heavy atom. The van der Waals surface area contributed by atoms with E-state index in [4.69, 9.17) is 23.2 Å². The van der Waals surface area contributed by atoms with Crippen LogP contribution in [0.3, 0.4) is 0 Å². The molecule has 1 fully saturated rings. The summed E-state index contributed by atoms with van der Waals surface area (Å²) in [6.45, 7) is 0.347. The van der Waals surface area contributed by atoms with E-state index in [1.165, 1.54) is 12.8 Å². The van der Waals surface area contributed by atoms with Crippen molar-refractivity contribution in [1.82, 2.24) is 15.3 Å². The molecule has 4 nitrogen and oxygen atoms in total. The molecule has 6 heteroatoms. The van der Waals surface area contributed by atoms with E-state index >= 15 is 0 Å². The van der Waals surface area contributed by atoms with Crippen LogP contribution in [0, 0.1) is 0 Å². The van der Waals surface area contributed by atoms with Gasteiger partial charge in [0.25, 0.3) is 5.91 Å². The second-order valence-electron chi connectivity index (χ2n) is 5.02. The van der Waals surface area contributed by atoms with Crippen LogP contribution in [0.2, 0.25) is 10.0 Å². The molecule has 0 saturated heterocycles. The quantitative estimate of drug-likeness (QED) is 0.936. The van der Waals surface area contributed by atoms with Gasteiger partial charge in [-0.15, -0.1) is 0 Å². The largest absolute Gasteiger partial charge is 0.346 e. The van der Waals surface area contributed by atoms with Crippen molar-refractivity contribution in [2.24, 2.45) is 0 Å². The molecule has 1 amide bonds. The summed E-state index contributed by atoms with van der Waals surface area (Å²) in [5.74, 6) is 0.316. The Kier molecular flexibility index (Phi) is 4.08. The first kappa shape index (κ1) is 14.3. The molecule has 2 aromatic rings. The number of nitrogens with one attached hydrogen (secondary N) is 1. The fourth-order valence-corrected chi connectivity index (χ4v) is 2.55. The minimum Gasteiger partial charge on any atom is -0.346 e. The first-order chi connectivity index (χ1) is 10.1. The molecule has 0 unspecified atom stereocenters. The van der Waals surface area contributed by atoms with Crippen molar-refractivity contribution in [3.8, 4) is 0 Å². The summed E-state index contributed by atoms with van der Waals surface area (Å²) < 4.78 is 0. The van der Waals surface area contributed by atoms with Crippen LogP contribution >= 0.6 is 23.2 Å². The number of halogens is 2. The molecule has 0 aliphatic heterocycles. The van der Waals surface area contributed by atoms with E-state index < -0.39 is 0 Å². The smallest absolute Gasteiger partial charge is 0.253 e. The Hall–Kier alpha value is -1.65. The zero-order valence-electron chi connectivity index (χ0n) is 11.1. The second kappa shape index (κ2) is 6.00. The van der Waals surface area contributed by atoms with Gasteiger partial charge in [-0.3, -0.25) is 4.79 Å². The van der Waals surface area contributed by atoms with E-state index in [-0.39, 0.29) is 5.91 Å². The van der Waals surface area contributed by atoms with Crippen LogP contribution in [-0.2, 0) is 6.54 Å². The van der Waals surface area contributed by atoms with Crippen LogP contribution in [0.25, 0.3) is 0 Å². The number of carbonyl (C=O) groups excluding carboxylic acids is 1. The third kappa shape index (κ3) is 3.52. The lowest BCUT2D eigenvalue weighted by Gasteiger charge is -2.07. The van der Waals surface area contributed by atoms with Gasteiger partial charge in [0.05, 0.1) is 22.8 Å². The van der Waals surface area contributed by atoms with Crippen molar-refractivity contribution < 1.29 is 4.79 Å². The number of hydrogen-bond acceptors (Lipinski definition) is 3. The average molecular weight is 322 g/mol. The highest BCUT2D eigenvalue weighted by atomic mass is 35.5. The SMILES string of the molecule is O=C(NCc1cc(C2CC2)ncn1)c1ccc(Cl)cc1Cl. The summed E-state index contributed by atoms with van der Waals surface area (Å²) in [6.07, 6.45) is 3.91. The lowest BCUT2D eigenvalue weighted by Crippen LogP contribution is -2.23. The highest BCUT2D eigenvalue weighted by Crippen LogP contribution is 2.38.